The van der Waals surface area contributed by atoms with Gasteiger partial charge in [0.15, 0.2) is 0 Å². The quantitative estimate of drug-likeness (QED) is 0.586. The van der Waals surface area contributed by atoms with Gasteiger partial charge in [-0.15, -0.1) is 0 Å². The lowest BCUT2D eigenvalue weighted by atomic mass is 10.1. The molecule has 0 saturated carbocycles. The van der Waals surface area contributed by atoms with Crippen molar-refractivity contribution >= 4 is 29.1 Å². The highest BCUT2D eigenvalue weighted by atomic mass is 35.5. The minimum Gasteiger partial charge on any atom is -0.335 e. The Labute approximate surface area is 173 Å². The fourth-order valence-corrected chi connectivity index (χ4v) is 3.59. The number of nitrogens with zero attached hydrogens (tertiary/aromatic N) is 2. The summed E-state index contributed by atoms with van der Waals surface area (Å²) in [6.07, 6.45) is 1.69. The number of hydrogen-bond acceptors (Lipinski definition) is 2. The van der Waals surface area contributed by atoms with Crippen molar-refractivity contribution in [3.8, 4) is 0 Å². The lowest BCUT2D eigenvalue weighted by Crippen LogP contribution is -2.35. The molecule has 28 heavy (non-hydrogen) atoms. The minimum absolute atomic E-state index is 0.123. The lowest BCUT2D eigenvalue weighted by molar-refractivity contribution is 0.0740. The number of carbonyl (C=O) groups excluding carboxylic acids is 1. The topological polar surface area (TPSA) is 42.3 Å². The van der Waals surface area contributed by atoms with Gasteiger partial charge < -0.3 is 9.47 Å². The van der Waals surface area contributed by atoms with Crippen LogP contribution in [-0.2, 0) is 6.54 Å². The first-order valence-corrected chi connectivity index (χ1v) is 9.59. The molecule has 0 spiro atoms. The monoisotopic (exact) mass is 414 g/mol. The summed E-state index contributed by atoms with van der Waals surface area (Å²) in [6, 6.07) is 17.7. The normalized spacial score (nSPS) is 11.9. The molecule has 3 aromatic rings. The van der Waals surface area contributed by atoms with E-state index in [2.05, 4.69) is 0 Å². The largest absolute Gasteiger partial charge is 0.335 e. The maximum Gasteiger partial charge on any atom is 0.263 e. The van der Waals surface area contributed by atoms with Crippen LogP contribution in [-0.4, -0.2) is 22.4 Å². The molecule has 4 nitrogen and oxygen atoms in total. The van der Waals surface area contributed by atoms with E-state index in [1.165, 1.54) is 9.47 Å². The predicted molar refractivity (Wildman–Crippen MR) is 113 cm³/mol. The third-order valence-electron chi connectivity index (χ3n) is 4.76. The van der Waals surface area contributed by atoms with Crippen LogP contribution in [0.2, 0.25) is 10.0 Å². The van der Waals surface area contributed by atoms with Gasteiger partial charge >= 0.3 is 0 Å². The molecule has 3 rings (SSSR count). The van der Waals surface area contributed by atoms with E-state index >= 15 is 0 Å². The van der Waals surface area contributed by atoms with Gasteiger partial charge in [0, 0.05) is 23.3 Å². The number of benzene rings is 2. The number of pyridine rings is 1. The summed E-state index contributed by atoms with van der Waals surface area (Å²) < 4.78 is 1.54. The predicted octanol–water partition coefficient (Wildman–Crippen LogP) is 5.04. The van der Waals surface area contributed by atoms with E-state index in [9.17, 15) is 9.59 Å². The maximum absolute atomic E-state index is 13.0. The van der Waals surface area contributed by atoms with Gasteiger partial charge in [0.05, 0.1) is 12.6 Å². The molecule has 144 valence electrons. The van der Waals surface area contributed by atoms with Crippen molar-refractivity contribution in [1.82, 2.24) is 9.47 Å². The van der Waals surface area contributed by atoms with E-state index in [4.69, 9.17) is 23.2 Å². The molecule has 0 saturated heterocycles. The van der Waals surface area contributed by atoms with Crippen molar-refractivity contribution < 1.29 is 4.79 Å². The molecule has 0 bridgehead atoms. The highest BCUT2D eigenvalue weighted by molar-refractivity contribution is 6.35. The maximum atomic E-state index is 13.0. The molecular formula is C22H20Cl2N2O2. The lowest BCUT2D eigenvalue weighted by Gasteiger charge is -2.26. The smallest absolute Gasteiger partial charge is 0.263 e. The summed E-state index contributed by atoms with van der Waals surface area (Å²) in [4.78, 5) is 27.4. The first-order chi connectivity index (χ1) is 13.4. The second kappa shape index (κ2) is 8.63. The number of rotatable bonds is 5. The molecule has 0 radical (unpaired) electrons. The molecule has 0 fully saturated rings. The Hall–Kier alpha value is -2.56. The zero-order valence-electron chi connectivity index (χ0n) is 15.6. The fourth-order valence-electron chi connectivity index (χ4n) is 3.02. The summed E-state index contributed by atoms with van der Waals surface area (Å²) in [6.45, 7) is 2.27. The van der Waals surface area contributed by atoms with Crippen molar-refractivity contribution in [2.45, 2.75) is 19.5 Å². The van der Waals surface area contributed by atoms with Crippen LogP contribution in [0.1, 0.15) is 34.5 Å². The third-order valence-corrected chi connectivity index (χ3v) is 5.32. The van der Waals surface area contributed by atoms with Gasteiger partial charge in [0.2, 0.25) is 0 Å². The second-order valence-electron chi connectivity index (χ2n) is 6.60. The number of halogens is 2. The summed E-state index contributed by atoms with van der Waals surface area (Å²) in [5.74, 6) is -0.356. The van der Waals surface area contributed by atoms with Crippen LogP contribution in [0.5, 0.6) is 0 Å². The molecule has 1 atom stereocenters. The van der Waals surface area contributed by atoms with E-state index in [1.807, 2.05) is 37.3 Å². The van der Waals surface area contributed by atoms with Crippen LogP contribution in [0, 0.1) is 0 Å². The first kappa shape index (κ1) is 20.2. The Bertz CT molecular complexity index is 1050. The Kier molecular flexibility index (Phi) is 6.22. The summed E-state index contributed by atoms with van der Waals surface area (Å²) in [7, 11) is 1.66. The molecule has 1 unspecified atom stereocenters. The summed E-state index contributed by atoms with van der Waals surface area (Å²) in [5.41, 5.74) is 1.56. The second-order valence-corrected chi connectivity index (χ2v) is 7.44. The Morgan fingerprint density at radius 3 is 2.46 bits per heavy atom. The molecule has 2 aromatic carbocycles. The van der Waals surface area contributed by atoms with E-state index in [0.717, 1.165) is 11.1 Å². The Morgan fingerprint density at radius 2 is 1.79 bits per heavy atom. The Balaban J connectivity index is 1.87. The molecule has 1 amide bonds. The first-order valence-electron chi connectivity index (χ1n) is 8.84. The van der Waals surface area contributed by atoms with E-state index in [0.29, 0.717) is 16.6 Å². The van der Waals surface area contributed by atoms with Crippen molar-refractivity contribution in [3.05, 3.63) is 104 Å². The molecular weight excluding hydrogens is 395 g/mol. The van der Waals surface area contributed by atoms with E-state index in [1.54, 1.807) is 43.6 Å². The molecule has 0 aliphatic heterocycles. The highest BCUT2D eigenvalue weighted by Crippen LogP contribution is 2.29. The van der Waals surface area contributed by atoms with Crippen LogP contribution in [0.15, 0.2) is 71.7 Å². The van der Waals surface area contributed by atoms with Crippen LogP contribution in [0.4, 0.5) is 0 Å². The van der Waals surface area contributed by atoms with Crippen molar-refractivity contribution in [2.75, 3.05) is 7.05 Å². The highest BCUT2D eigenvalue weighted by Gasteiger charge is 2.23. The molecule has 0 N–H and O–H groups in total. The van der Waals surface area contributed by atoms with Gasteiger partial charge in [0.25, 0.3) is 11.5 Å². The molecule has 1 heterocycles. The third kappa shape index (κ3) is 4.29. The fraction of sp³-hybridized carbons (Fsp3) is 0.182. The van der Waals surface area contributed by atoms with Crippen molar-refractivity contribution in [1.29, 1.82) is 0 Å². The molecule has 0 aliphatic carbocycles. The molecule has 0 aliphatic rings. The number of amides is 1. The van der Waals surface area contributed by atoms with Crippen LogP contribution >= 0.6 is 23.2 Å². The zero-order chi connectivity index (χ0) is 20.3. The van der Waals surface area contributed by atoms with E-state index < -0.39 is 0 Å². The van der Waals surface area contributed by atoms with Crippen LogP contribution < -0.4 is 5.56 Å². The van der Waals surface area contributed by atoms with Gasteiger partial charge in [-0.2, -0.15) is 0 Å². The van der Waals surface area contributed by atoms with Gasteiger partial charge in [-0.05, 0) is 42.3 Å². The number of hydrogen-bond donors (Lipinski definition) is 0. The SMILES string of the molecule is CC(c1ccc(Cl)cc1Cl)N(C)C(=O)c1cccn(Cc2ccccc2)c1=O. The summed E-state index contributed by atoms with van der Waals surface area (Å²) >= 11 is 12.2. The number of carbonyl (C=O) groups is 1. The summed E-state index contributed by atoms with van der Waals surface area (Å²) in [5, 5.41) is 1.01. The molecule has 1 aromatic heterocycles. The average Bonchev–Trinajstić information content (AvgIpc) is 2.69. The Morgan fingerprint density at radius 1 is 1.07 bits per heavy atom. The zero-order valence-corrected chi connectivity index (χ0v) is 17.1. The van der Waals surface area contributed by atoms with Gasteiger partial charge in [0.1, 0.15) is 5.56 Å². The van der Waals surface area contributed by atoms with Crippen molar-refractivity contribution in [3.63, 3.8) is 0 Å². The van der Waals surface area contributed by atoms with Crippen molar-refractivity contribution in [2.24, 2.45) is 0 Å². The van der Waals surface area contributed by atoms with Crippen LogP contribution in [0.25, 0.3) is 0 Å². The average molecular weight is 415 g/mol. The van der Waals surface area contributed by atoms with Gasteiger partial charge in [-0.3, -0.25) is 9.59 Å². The number of aromatic nitrogens is 1. The minimum atomic E-state index is -0.356. The standard InChI is InChI=1S/C22H20Cl2N2O2/c1-15(18-11-10-17(23)13-20(18)24)25(2)21(27)19-9-6-12-26(22(19)28)14-16-7-4-3-5-8-16/h3-13,15H,14H2,1-2H3. The van der Waals surface area contributed by atoms with Gasteiger partial charge in [-0.1, -0.05) is 59.6 Å². The molecule has 6 heteroatoms. The van der Waals surface area contributed by atoms with Gasteiger partial charge in [-0.25, -0.2) is 0 Å². The van der Waals surface area contributed by atoms with Crippen LogP contribution in [0.3, 0.4) is 0 Å². The van der Waals surface area contributed by atoms with E-state index in [-0.39, 0.29) is 23.1 Å².